The summed E-state index contributed by atoms with van der Waals surface area (Å²) in [5.41, 5.74) is 4.21. The highest BCUT2D eigenvalue weighted by Crippen LogP contribution is 2.30. The van der Waals surface area contributed by atoms with Gasteiger partial charge in [0.1, 0.15) is 5.82 Å². The highest BCUT2D eigenvalue weighted by Gasteiger charge is 2.12. The van der Waals surface area contributed by atoms with E-state index in [0.717, 1.165) is 45.3 Å². The lowest BCUT2D eigenvalue weighted by molar-refractivity contribution is 0.844. The number of hydrogen-bond donors (Lipinski definition) is 1. The number of para-hydroxylation sites is 1. The molecule has 0 aliphatic carbocycles. The molecule has 0 bridgehead atoms. The van der Waals surface area contributed by atoms with Crippen LogP contribution in [0.15, 0.2) is 60.7 Å². The zero-order chi connectivity index (χ0) is 19.1. The Morgan fingerprint density at radius 2 is 1.86 bits per heavy atom. The molecule has 0 aliphatic rings. The molecule has 2 aromatic carbocycles. The van der Waals surface area contributed by atoms with Crippen LogP contribution in [-0.2, 0) is 6.42 Å². The van der Waals surface area contributed by atoms with Crippen molar-refractivity contribution in [2.24, 2.45) is 0 Å². The van der Waals surface area contributed by atoms with Crippen LogP contribution in [0.2, 0.25) is 0 Å². The first-order chi connectivity index (χ1) is 13.7. The summed E-state index contributed by atoms with van der Waals surface area (Å²) in [7, 11) is 0. The molecule has 0 amide bonds. The predicted molar refractivity (Wildman–Crippen MR) is 116 cm³/mol. The molecule has 0 saturated carbocycles. The highest BCUT2D eigenvalue weighted by atomic mass is 32.1. The fourth-order valence-corrected chi connectivity index (χ4v) is 4.22. The smallest absolute Gasteiger partial charge is 0.189 e. The molecule has 0 saturated heterocycles. The summed E-state index contributed by atoms with van der Waals surface area (Å²) >= 11 is 1.65. The molecule has 0 radical (unpaired) electrons. The van der Waals surface area contributed by atoms with Crippen molar-refractivity contribution >= 4 is 43.4 Å². The Bertz CT molecular complexity index is 1300. The van der Waals surface area contributed by atoms with E-state index in [0.29, 0.717) is 0 Å². The lowest BCUT2D eigenvalue weighted by Gasteiger charge is -2.08. The summed E-state index contributed by atoms with van der Waals surface area (Å²) in [6, 6.07) is 20.6. The van der Waals surface area contributed by atoms with Gasteiger partial charge in [-0.2, -0.15) is 9.78 Å². The maximum atomic E-state index is 4.77. The van der Waals surface area contributed by atoms with E-state index in [2.05, 4.69) is 47.7 Å². The topological polar surface area (TPSA) is 55.6 Å². The Balaban J connectivity index is 1.54. The number of pyridine rings is 1. The summed E-state index contributed by atoms with van der Waals surface area (Å²) in [6.07, 6.45) is 1.02. The molecular weight excluding hydrogens is 366 g/mol. The second-order valence-electron chi connectivity index (χ2n) is 6.74. The van der Waals surface area contributed by atoms with Gasteiger partial charge in [0.15, 0.2) is 10.9 Å². The standard InChI is InChI=1S/C22H19N5S/c1-3-15-8-10-18-19(13-15)28-22(24-18)25-21-12-14(2)26-27(21)20-11-9-16-6-4-5-7-17(16)23-20/h4-13H,3H2,1-2H3,(H,24,25). The first-order valence-electron chi connectivity index (χ1n) is 9.29. The fraction of sp³-hybridized carbons (Fsp3) is 0.136. The summed E-state index contributed by atoms with van der Waals surface area (Å²) in [4.78, 5) is 9.49. The molecule has 0 fully saturated rings. The van der Waals surface area contributed by atoms with E-state index in [9.17, 15) is 0 Å². The molecule has 3 heterocycles. The number of nitrogens with one attached hydrogen (secondary N) is 1. The lowest BCUT2D eigenvalue weighted by Crippen LogP contribution is -2.04. The Morgan fingerprint density at radius 3 is 2.75 bits per heavy atom. The minimum Gasteiger partial charge on any atom is -0.316 e. The van der Waals surface area contributed by atoms with Crippen molar-refractivity contribution in [1.29, 1.82) is 0 Å². The van der Waals surface area contributed by atoms with Gasteiger partial charge in [-0.05, 0) is 49.2 Å². The van der Waals surface area contributed by atoms with Gasteiger partial charge in [0, 0.05) is 11.5 Å². The second-order valence-corrected chi connectivity index (χ2v) is 7.78. The largest absolute Gasteiger partial charge is 0.316 e. The zero-order valence-electron chi connectivity index (χ0n) is 15.7. The molecule has 3 aromatic heterocycles. The van der Waals surface area contributed by atoms with Crippen LogP contribution < -0.4 is 5.32 Å². The molecule has 6 heteroatoms. The quantitative estimate of drug-likeness (QED) is 0.435. The minimum atomic E-state index is 0.781. The van der Waals surface area contributed by atoms with Crippen molar-refractivity contribution in [2.75, 3.05) is 5.32 Å². The SMILES string of the molecule is CCc1ccc2nc(Nc3cc(C)nn3-c3ccc4ccccc4n3)sc2c1. The van der Waals surface area contributed by atoms with E-state index in [1.165, 1.54) is 10.3 Å². The maximum Gasteiger partial charge on any atom is 0.189 e. The Morgan fingerprint density at radius 1 is 0.964 bits per heavy atom. The monoisotopic (exact) mass is 385 g/mol. The van der Waals surface area contributed by atoms with Gasteiger partial charge < -0.3 is 5.32 Å². The maximum absolute atomic E-state index is 4.77. The van der Waals surface area contributed by atoms with Crippen molar-refractivity contribution in [3.8, 4) is 5.82 Å². The number of nitrogens with zero attached hydrogens (tertiary/aromatic N) is 4. The molecule has 5 aromatic rings. The molecule has 28 heavy (non-hydrogen) atoms. The predicted octanol–water partition coefficient (Wildman–Crippen LogP) is 5.64. The van der Waals surface area contributed by atoms with E-state index in [1.807, 2.05) is 41.9 Å². The Kier molecular flexibility index (Phi) is 4.06. The number of aryl methyl sites for hydroxylation is 2. The first kappa shape index (κ1) is 16.9. The van der Waals surface area contributed by atoms with E-state index < -0.39 is 0 Å². The van der Waals surface area contributed by atoms with E-state index >= 15 is 0 Å². The summed E-state index contributed by atoms with van der Waals surface area (Å²) in [5.74, 6) is 1.64. The number of aromatic nitrogens is 4. The van der Waals surface area contributed by atoms with Gasteiger partial charge in [-0.3, -0.25) is 0 Å². The van der Waals surface area contributed by atoms with Gasteiger partial charge in [0.25, 0.3) is 0 Å². The summed E-state index contributed by atoms with van der Waals surface area (Å²) < 4.78 is 3.03. The van der Waals surface area contributed by atoms with Gasteiger partial charge >= 0.3 is 0 Å². The average Bonchev–Trinajstić information content (AvgIpc) is 3.29. The molecule has 0 unspecified atom stereocenters. The van der Waals surface area contributed by atoms with Crippen LogP contribution in [0.3, 0.4) is 0 Å². The van der Waals surface area contributed by atoms with Crippen molar-refractivity contribution in [2.45, 2.75) is 20.3 Å². The van der Waals surface area contributed by atoms with Crippen molar-refractivity contribution in [3.05, 3.63) is 71.9 Å². The van der Waals surface area contributed by atoms with Crippen LogP contribution in [0, 0.1) is 6.92 Å². The molecule has 0 atom stereocenters. The van der Waals surface area contributed by atoms with Crippen LogP contribution in [0.25, 0.3) is 26.9 Å². The van der Waals surface area contributed by atoms with Crippen LogP contribution in [0.1, 0.15) is 18.2 Å². The molecule has 5 rings (SSSR count). The zero-order valence-corrected chi connectivity index (χ0v) is 16.5. The third kappa shape index (κ3) is 3.01. The molecule has 0 aliphatic heterocycles. The lowest BCUT2D eigenvalue weighted by atomic mass is 10.2. The Hall–Kier alpha value is -3.25. The van der Waals surface area contributed by atoms with Crippen molar-refractivity contribution < 1.29 is 0 Å². The van der Waals surface area contributed by atoms with Gasteiger partial charge in [-0.1, -0.05) is 42.5 Å². The molecular formula is C22H19N5S. The van der Waals surface area contributed by atoms with Crippen LogP contribution >= 0.6 is 11.3 Å². The van der Waals surface area contributed by atoms with E-state index in [1.54, 1.807) is 11.3 Å². The summed E-state index contributed by atoms with van der Waals surface area (Å²) in [6.45, 7) is 4.15. The third-order valence-corrected chi connectivity index (χ3v) is 5.66. The van der Waals surface area contributed by atoms with Crippen molar-refractivity contribution in [3.63, 3.8) is 0 Å². The van der Waals surface area contributed by atoms with Gasteiger partial charge in [0.2, 0.25) is 0 Å². The first-order valence-corrected chi connectivity index (χ1v) is 10.1. The number of fused-ring (bicyclic) bond motifs is 2. The fourth-order valence-electron chi connectivity index (χ4n) is 3.29. The van der Waals surface area contributed by atoms with Gasteiger partial charge in [0.05, 0.1) is 21.4 Å². The van der Waals surface area contributed by atoms with Crippen molar-refractivity contribution in [1.82, 2.24) is 19.7 Å². The van der Waals surface area contributed by atoms with E-state index in [4.69, 9.17) is 9.97 Å². The van der Waals surface area contributed by atoms with Gasteiger partial charge in [-0.25, -0.2) is 9.97 Å². The molecule has 5 nitrogen and oxygen atoms in total. The highest BCUT2D eigenvalue weighted by molar-refractivity contribution is 7.22. The molecule has 138 valence electrons. The van der Waals surface area contributed by atoms with Crippen LogP contribution in [-0.4, -0.2) is 19.7 Å². The Labute approximate surface area is 166 Å². The number of thiazole rings is 1. The minimum absolute atomic E-state index is 0.781. The number of anilines is 2. The summed E-state index contributed by atoms with van der Waals surface area (Å²) in [5, 5.41) is 10.0. The van der Waals surface area contributed by atoms with E-state index in [-0.39, 0.29) is 0 Å². The second kappa shape index (κ2) is 6.73. The molecule has 0 spiro atoms. The normalized spacial score (nSPS) is 11.4. The van der Waals surface area contributed by atoms with Crippen LogP contribution in [0.4, 0.5) is 10.9 Å². The number of hydrogen-bond acceptors (Lipinski definition) is 5. The van der Waals surface area contributed by atoms with Gasteiger partial charge in [-0.15, -0.1) is 0 Å². The van der Waals surface area contributed by atoms with Crippen LogP contribution in [0.5, 0.6) is 0 Å². The molecule has 1 N–H and O–H groups in total. The average molecular weight is 385 g/mol. The number of benzene rings is 2. The number of rotatable bonds is 4. The third-order valence-electron chi connectivity index (χ3n) is 4.73.